The van der Waals surface area contributed by atoms with Gasteiger partial charge in [-0.15, -0.1) is 0 Å². The van der Waals surface area contributed by atoms with Crippen molar-refractivity contribution in [3.8, 4) is 0 Å². The van der Waals surface area contributed by atoms with Crippen molar-refractivity contribution in [3.63, 3.8) is 0 Å². The number of aliphatic hydroxyl groups excluding tert-OH is 1. The highest BCUT2D eigenvalue weighted by atomic mass is 16.3. The number of hydrogen-bond acceptors (Lipinski definition) is 7. The molecule has 2 aliphatic rings. The maximum Gasteiger partial charge on any atom is 0.242 e. The number of aliphatic hydroxyl groups is 1. The van der Waals surface area contributed by atoms with E-state index in [1.54, 1.807) is 0 Å². The quantitative estimate of drug-likeness (QED) is 0.293. The Morgan fingerprint density at radius 3 is 2.88 bits per heavy atom. The van der Waals surface area contributed by atoms with Crippen LogP contribution in [-0.4, -0.2) is 54.0 Å². The fourth-order valence-corrected chi connectivity index (χ4v) is 2.07. The fraction of sp³-hybridized carbons (Fsp3) is 0.778. The molecule has 0 aromatic rings. The summed E-state index contributed by atoms with van der Waals surface area (Å²) in [6.45, 7) is 1.75. The van der Waals surface area contributed by atoms with Gasteiger partial charge in [-0.05, 0) is 6.92 Å². The van der Waals surface area contributed by atoms with E-state index >= 15 is 0 Å². The highest BCUT2D eigenvalue weighted by molar-refractivity contribution is 5.90. The second-order valence-electron chi connectivity index (χ2n) is 4.31. The standard InChI is InChI=1S/C9H17N5O3/c1-3(15)6(16)4-2-11-7-5(12-4)8(17)14-9(10)13-7/h3-5,7,9,11-13,15H,2,10H2,1H3,(H,14,17). The summed E-state index contributed by atoms with van der Waals surface area (Å²) in [5.41, 5.74) is 5.56. The third-order valence-electron chi connectivity index (χ3n) is 2.95. The van der Waals surface area contributed by atoms with E-state index in [0.717, 1.165) is 0 Å². The van der Waals surface area contributed by atoms with E-state index in [1.807, 2.05) is 0 Å². The summed E-state index contributed by atoms with van der Waals surface area (Å²) >= 11 is 0. The zero-order chi connectivity index (χ0) is 12.6. The Bertz CT molecular complexity index is 335. The van der Waals surface area contributed by atoms with Gasteiger partial charge < -0.3 is 10.4 Å². The number of ketones is 1. The van der Waals surface area contributed by atoms with Crippen molar-refractivity contribution in [3.05, 3.63) is 0 Å². The molecule has 2 aliphatic heterocycles. The van der Waals surface area contributed by atoms with Crippen molar-refractivity contribution in [1.82, 2.24) is 21.3 Å². The minimum Gasteiger partial charge on any atom is -0.386 e. The maximum absolute atomic E-state index is 11.7. The highest BCUT2D eigenvalue weighted by Gasteiger charge is 2.41. The van der Waals surface area contributed by atoms with E-state index in [-0.39, 0.29) is 17.9 Å². The minimum atomic E-state index is -1.05. The molecule has 0 saturated carbocycles. The number of nitrogens with two attached hydrogens (primary N) is 1. The summed E-state index contributed by atoms with van der Waals surface area (Å²) in [5, 5.41) is 20.6. The van der Waals surface area contributed by atoms with Crippen LogP contribution in [0.1, 0.15) is 6.92 Å². The molecule has 17 heavy (non-hydrogen) atoms. The van der Waals surface area contributed by atoms with E-state index in [2.05, 4.69) is 21.3 Å². The minimum absolute atomic E-state index is 0.267. The lowest BCUT2D eigenvalue weighted by Gasteiger charge is -2.42. The lowest BCUT2D eigenvalue weighted by molar-refractivity contribution is -0.133. The number of carbonyl (C=O) groups is 2. The topological polar surface area (TPSA) is 129 Å². The van der Waals surface area contributed by atoms with Crippen LogP contribution in [-0.2, 0) is 9.59 Å². The maximum atomic E-state index is 11.7. The highest BCUT2D eigenvalue weighted by Crippen LogP contribution is 2.06. The Labute approximate surface area is 98.3 Å². The van der Waals surface area contributed by atoms with Crippen LogP contribution in [0.4, 0.5) is 0 Å². The molecule has 0 aromatic carbocycles. The van der Waals surface area contributed by atoms with Crippen molar-refractivity contribution < 1.29 is 14.7 Å². The fourth-order valence-electron chi connectivity index (χ4n) is 2.07. The summed E-state index contributed by atoms with van der Waals surface area (Å²) in [7, 11) is 0. The van der Waals surface area contributed by atoms with Crippen LogP contribution >= 0.6 is 0 Å². The van der Waals surface area contributed by atoms with Crippen LogP contribution < -0.4 is 27.0 Å². The number of piperazine rings is 1. The van der Waals surface area contributed by atoms with Gasteiger partial charge in [0.15, 0.2) is 5.78 Å². The van der Waals surface area contributed by atoms with Crippen molar-refractivity contribution in [2.45, 2.75) is 37.6 Å². The van der Waals surface area contributed by atoms with E-state index in [9.17, 15) is 14.7 Å². The second-order valence-corrected chi connectivity index (χ2v) is 4.31. The molecule has 0 bridgehead atoms. The zero-order valence-corrected chi connectivity index (χ0v) is 9.43. The Hall–Kier alpha value is -1.06. The SMILES string of the molecule is CC(O)C(=O)C1CNC2NC(N)NC(=O)C2N1. The van der Waals surface area contributed by atoms with Crippen LogP contribution in [0.2, 0.25) is 0 Å². The summed E-state index contributed by atoms with van der Waals surface area (Å²) in [5.74, 6) is -0.601. The van der Waals surface area contributed by atoms with E-state index in [4.69, 9.17) is 5.73 Å². The molecule has 1 amide bonds. The van der Waals surface area contributed by atoms with Gasteiger partial charge in [0, 0.05) is 6.54 Å². The summed E-state index contributed by atoms with van der Waals surface area (Å²) < 4.78 is 0. The molecule has 2 heterocycles. The van der Waals surface area contributed by atoms with Gasteiger partial charge in [-0.2, -0.15) is 0 Å². The second kappa shape index (κ2) is 4.67. The summed E-state index contributed by atoms with van der Waals surface area (Å²) in [6, 6.07) is -1.14. The number of fused-ring (bicyclic) bond motifs is 1. The molecule has 2 fully saturated rings. The molecule has 0 spiro atoms. The van der Waals surface area contributed by atoms with E-state index in [0.29, 0.717) is 6.54 Å². The smallest absolute Gasteiger partial charge is 0.242 e. The molecule has 2 rings (SSSR count). The number of amides is 1. The summed E-state index contributed by atoms with van der Waals surface area (Å²) in [4.78, 5) is 23.3. The Kier molecular flexibility index (Phi) is 3.40. The van der Waals surface area contributed by atoms with Crippen molar-refractivity contribution >= 4 is 11.7 Å². The predicted octanol–water partition coefficient (Wildman–Crippen LogP) is -3.85. The first-order valence-corrected chi connectivity index (χ1v) is 5.52. The Balaban J connectivity index is 2.03. The number of Topliss-reactive ketones (excluding diaryl/α,β-unsaturated/α-hetero) is 1. The van der Waals surface area contributed by atoms with Gasteiger partial charge in [-0.25, -0.2) is 0 Å². The zero-order valence-electron chi connectivity index (χ0n) is 9.43. The number of nitrogens with one attached hydrogen (secondary N) is 4. The Morgan fingerprint density at radius 1 is 1.53 bits per heavy atom. The van der Waals surface area contributed by atoms with Gasteiger partial charge in [-0.1, -0.05) is 0 Å². The Morgan fingerprint density at radius 2 is 2.24 bits per heavy atom. The van der Waals surface area contributed by atoms with Gasteiger partial charge in [0.05, 0.1) is 12.2 Å². The van der Waals surface area contributed by atoms with E-state index < -0.39 is 24.5 Å². The number of rotatable bonds is 2. The monoisotopic (exact) mass is 243 g/mol. The first-order chi connectivity index (χ1) is 7.99. The van der Waals surface area contributed by atoms with Crippen LogP contribution in [0.15, 0.2) is 0 Å². The molecule has 2 saturated heterocycles. The van der Waals surface area contributed by atoms with E-state index in [1.165, 1.54) is 6.92 Å². The van der Waals surface area contributed by atoms with Crippen LogP contribution in [0.5, 0.6) is 0 Å². The molecule has 0 aromatic heterocycles. The molecule has 0 aliphatic carbocycles. The van der Waals surface area contributed by atoms with Crippen LogP contribution in [0.3, 0.4) is 0 Å². The number of hydrogen-bond donors (Lipinski definition) is 6. The first kappa shape index (κ1) is 12.4. The molecule has 5 unspecified atom stereocenters. The third kappa shape index (κ3) is 2.45. The lowest BCUT2D eigenvalue weighted by Crippen LogP contribution is -2.79. The largest absolute Gasteiger partial charge is 0.386 e. The van der Waals surface area contributed by atoms with Crippen molar-refractivity contribution in [2.75, 3.05) is 6.54 Å². The molecule has 7 N–H and O–H groups in total. The van der Waals surface area contributed by atoms with Gasteiger partial charge in [-0.3, -0.25) is 31.3 Å². The number of carbonyl (C=O) groups excluding carboxylic acids is 2. The first-order valence-electron chi connectivity index (χ1n) is 5.52. The average Bonchev–Trinajstić information content (AvgIpc) is 2.27. The normalized spacial score (nSPS) is 39.1. The van der Waals surface area contributed by atoms with Gasteiger partial charge in [0.25, 0.3) is 0 Å². The third-order valence-corrected chi connectivity index (χ3v) is 2.95. The predicted molar refractivity (Wildman–Crippen MR) is 58.4 cm³/mol. The molecule has 96 valence electrons. The average molecular weight is 243 g/mol. The molecular formula is C9H17N5O3. The molecular weight excluding hydrogens is 226 g/mol. The van der Waals surface area contributed by atoms with Crippen molar-refractivity contribution in [1.29, 1.82) is 0 Å². The van der Waals surface area contributed by atoms with Gasteiger partial charge in [0.1, 0.15) is 18.4 Å². The lowest BCUT2D eigenvalue weighted by atomic mass is 10.0. The molecule has 8 heteroatoms. The molecule has 8 nitrogen and oxygen atoms in total. The summed E-state index contributed by atoms with van der Waals surface area (Å²) in [6.07, 6.45) is -1.95. The van der Waals surface area contributed by atoms with Crippen LogP contribution in [0.25, 0.3) is 0 Å². The van der Waals surface area contributed by atoms with Gasteiger partial charge >= 0.3 is 0 Å². The van der Waals surface area contributed by atoms with Crippen molar-refractivity contribution in [2.24, 2.45) is 5.73 Å². The van der Waals surface area contributed by atoms with Crippen LogP contribution in [0, 0.1) is 0 Å². The molecule has 0 radical (unpaired) electrons. The van der Waals surface area contributed by atoms with Gasteiger partial charge in [0.2, 0.25) is 5.91 Å². The molecule has 5 atom stereocenters.